The molecule has 88 valence electrons. The average molecular weight is 233 g/mol. The Kier molecular flexibility index (Phi) is 3.35. The zero-order valence-corrected chi connectivity index (χ0v) is 9.19. The molecule has 1 aliphatic heterocycles. The number of rotatable bonds is 2. The molecule has 4 nitrogen and oxygen atoms in total. The van der Waals surface area contributed by atoms with Crippen molar-refractivity contribution in [1.29, 1.82) is 5.26 Å². The number of hydrogen-bond acceptors (Lipinski definition) is 3. The number of nitrogens with one attached hydrogen (secondary N) is 1. The Hall–Kier alpha value is -1.93. The zero-order valence-electron chi connectivity index (χ0n) is 9.19. The minimum Gasteiger partial charge on any atom is -0.320 e. The first-order chi connectivity index (χ1) is 8.24. The van der Waals surface area contributed by atoms with E-state index in [0.29, 0.717) is 13.1 Å². The van der Waals surface area contributed by atoms with Crippen LogP contribution in [0.3, 0.4) is 0 Å². The number of benzene rings is 1. The molecule has 1 aromatic carbocycles. The van der Waals surface area contributed by atoms with Crippen molar-refractivity contribution in [3.63, 3.8) is 0 Å². The van der Waals surface area contributed by atoms with Gasteiger partial charge in [-0.15, -0.1) is 0 Å². The quantitative estimate of drug-likeness (QED) is 0.822. The molecule has 0 bridgehead atoms. The predicted octanol–water partition coefficient (Wildman–Crippen LogP) is 0.822. The Balaban J connectivity index is 2.31. The fourth-order valence-electron chi connectivity index (χ4n) is 1.90. The maximum atomic E-state index is 13.6. The molecule has 1 fully saturated rings. The van der Waals surface area contributed by atoms with Crippen molar-refractivity contribution in [3.05, 3.63) is 35.6 Å². The van der Waals surface area contributed by atoms with Gasteiger partial charge in [-0.3, -0.25) is 4.79 Å². The molecule has 1 aromatic rings. The zero-order chi connectivity index (χ0) is 12.3. The molecular weight excluding hydrogens is 221 g/mol. The highest BCUT2D eigenvalue weighted by atomic mass is 19.1. The molecule has 0 aliphatic carbocycles. The number of amides is 1. The second-order valence-corrected chi connectivity index (χ2v) is 3.82. The number of hydrogen-bond donors (Lipinski definition) is 1. The van der Waals surface area contributed by atoms with Gasteiger partial charge in [0.15, 0.2) is 0 Å². The van der Waals surface area contributed by atoms with E-state index in [1.54, 1.807) is 18.2 Å². The summed E-state index contributed by atoms with van der Waals surface area (Å²) in [6, 6.07) is 7.22. The fourth-order valence-corrected chi connectivity index (χ4v) is 1.90. The van der Waals surface area contributed by atoms with Gasteiger partial charge >= 0.3 is 0 Å². The highest BCUT2D eigenvalue weighted by molar-refractivity contribution is 5.79. The van der Waals surface area contributed by atoms with Gasteiger partial charge in [-0.1, -0.05) is 18.2 Å². The van der Waals surface area contributed by atoms with Crippen molar-refractivity contribution in [2.75, 3.05) is 19.6 Å². The van der Waals surface area contributed by atoms with Crippen LogP contribution in [-0.4, -0.2) is 30.4 Å². The molecule has 17 heavy (non-hydrogen) atoms. The van der Waals surface area contributed by atoms with E-state index < -0.39 is 11.9 Å². The van der Waals surface area contributed by atoms with Crippen molar-refractivity contribution in [1.82, 2.24) is 10.2 Å². The molecule has 1 aliphatic rings. The van der Waals surface area contributed by atoms with Gasteiger partial charge < -0.3 is 10.2 Å². The lowest BCUT2D eigenvalue weighted by atomic mass is 10.1. The topological polar surface area (TPSA) is 56.1 Å². The number of carbonyl (C=O) groups is 1. The lowest BCUT2D eigenvalue weighted by molar-refractivity contribution is -0.133. The summed E-state index contributed by atoms with van der Waals surface area (Å²) in [6.07, 6.45) is 0. The van der Waals surface area contributed by atoms with Crippen molar-refractivity contribution in [3.8, 4) is 6.07 Å². The van der Waals surface area contributed by atoms with E-state index in [9.17, 15) is 9.18 Å². The summed E-state index contributed by atoms with van der Waals surface area (Å²) in [6.45, 7) is 1.25. The lowest BCUT2D eigenvalue weighted by Crippen LogP contribution is -2.49. The first kappa shape index (κ1) is 11.6. The summed E-state index contributed by atoms with van der Waals surface area (Å²) < 4.78 is 13.6. The monoisotopic (exact) mass is 233 g/mol. The van der Waals surface area contributed by atoms with Crippen molar-refractivity contribution in [2.45, 2.75) is 6.04 Å². The Labute approximate surface area is 98.6 Å². The molecule has 1 heterocycles. The van der Waals surface area contributed by atoms with Crippen LogP contribution in [0.25, 0.3) is 0 Å². The molecule has 0 spiro atoms. The summed E-state index contributed by atoms with van der Waals surface area (Å²) in [5.74, 6) is -0.628. The van der Waals surface area contributed by atoms with E-state index in [-0.39, 0.29) is 18.0 Å². The smallest absolute Gasteiger partial charge is 0.237 e. The second kappa shape index (κ2) is 4.93. The predicted molar refractivity (Wildman–Crippen MR) is 59.3 cm³/mol. The number of nitriles is 1. The largest absolute Gasteiger partial charge is 0.320 e. The number of halogens is 1. The molecule has 1 amide bonds. The summed E-state index contributed by atoms with van der Waals surface area (Å²) in [7, 11) is 0. The molecular formula is C12H12FN3O. The first-order valence-electron chi connectivity index (χ1n) is 5.38. The van der Waals surface area contributed by atoms with Gasteiger partial charge in [-0.05, 0) is 6.07 Å². The summed E-state index contributed by atoms with van der Waals surface area (Å²) >= 11 is 0. The fraction of sp³-hybridized carbons (Fsp3) is 0.333. The van der Waals surface area contributed by atoms with Crippen molar-refractivity contribution < 1.29 is 9.18 Å². The van der Waals surface area contributed by atoms with Gasteiger partial charge in [0.25, 0.3) is 0 Å². The van der Waals surface area contributed by atoms with Crippen LogP contribution in [0.4, 0.5) is 4.39 Å². The maximum absolute atomic E-state index is 13.6. The summed E-state index contributed by atoms with van der Waals surface area (Å²) in [5.41, 5.74) is 0.255. The van der Waals surface area contributed by atoms with Gasteiger partial charge in [-0.2, -0.15) is 5.26 Å². The highest BCUT2D eigenvalue weighted by Crippen LogP contribution is 2.23. The van der Waals surface area contributed by atoms with Crippen LogP contribution >= 0.6 is 0 Å². The molecule has 5 heteroatoms. The third-order valence-electron chi connectivity index (χ3n) is 2.76. The van der Waals surface area contributed by atoms with Gasteiger partial charge in [0.05, 0.1) is 12.6 Å². The summed E-state index contributed by atoms with van der Waals surface area (Å²) in [4.78, 5) is 13.1. The average Bonchev–Trinajstić information content (AvgIpc) is 2.34. The Morgan fingerprint density at radius 1 is 1.47 bits per heavy atom. The molecule has 2 rings (SSSR count). The second-order valence-electron chi connectivity index (χ2n) is 3.82. The van der Waals surface area contributed by atoms with E-state index in [4.69, 9.17) is 5.26 Å². The Morgan fingerprint density at radius 3 is 2.88 bits per heavy atom. The van der Waals surface area contributed by atoms with Crippen LogP contribution in [0.1, 0.15) is 11.6 Å². The minimum atomic E-state index is -0.842. The Bertz CT molecular complexity index is 469. The van der Waals surface area contributed by atoms with Crippen LogP contribution in [0, 0.1) is 17.1 Å². The number of nitrogens with zero attached hydrogens (tertiary/aromatic N) is 2. The van der Waals surface area contributed by atoms with Gasteiger partial charge in [0.2, 0.25) is 5.91 Å². The van der Waals surface area contributed by atoms with E-state index in [1.807, 2.05) is 6.07 Å². The SMILES string of the molecule is N#CC(c1ccccc1F)N1CCNCC1=O. The maximum Gasteiger partial charge on any atom is 0.237 e. The van der Waals surface area contributed by atoms with Gasteiger partial charge in [0, 0.05) is 18.7 Å². The number of piperazine rings is 1. The third kappa shape index (κ3) is 2.27. The van der Waals surface area contributed by atoms with Crippen molar-refractivity contribution in [2.24, 2.45) is 0 Å². The molecule has 0 saturated carbocycles. The van der Waals surface area contributed by atoms with Crippen molar-refractivity contribution >= 4 is 5.91 Å². The molecule has 1 atom stereocenters. The van der Waals surface area contributed by atoms with E-state index in [2.05, 4.69) is 5.32 Å². The normalized spacial score (nSPS) is 17.6. The van der Waals surface area contributed by atoms with Crippen LogP contribution < -0.4 is 5.32 Å². The van der Waals surface area contributed by atoms with Crippen LogP contribution in [0.15, 0.2) is 24.3 Å². The summed E-state index contributed by atoms with van der Waals surface area (Å²) in [5, 5.41) is 12.1. The lowest BCUT2D eigenvalue weighted by Gasteiger charge is -2.31. The molecule has 0 radical (unpaired) electrons. The van der Waals surface area contributed by atoms with Gasteiger partial charge in [-0.25, -0.2) is 4.39 Å². The van der Waals surface area contributed by atoms with E-state index >= 15 is 0 Å². The number of carbonyl (C=O) groups excluding carboxylic acids is 1. The molecule has 1 N–H and O–H groups in total. The van der Waals surface area contributed by atoms with Crippen LogP contribution in [0.5, 0.6) is 0 Å². The molecule has 1 unspecified atom stereocenters. The first-order valence-corrected chi connectivity index (χ1v) is 5.38. The van der Waals surface area contributed by atoms with Gasteiger partial charge in [0.1, 0.15) is 11.9 Å². The minimum absolute atomic E-state index is 0.175. The van der Waals surface area contributed by atoms with E-state index in [1.165, 1.54) is 11.0 Å². The third-order valence-corrected chi connectivity index (χ3v) is 2.76. The highest BCUT2D eigenvalue weighted by Gasteiger charge is 2.28. The standard InChI is InChI=1S/C12H12FN3O/c13-10-4-2-1-3-9(10)11(7-14)16-6-5-15-8-12(16)17/h1-4,11,15H,5-6,8H2. The van der Waals surface area contributed by atoms with E-state index in [0.717, 1.165) is 0 Å². The molecule has 0 aromatic heterocycles. The van der Waals surface area contributed by atoms with Crippen LogP contribution in [0.2, 0.25) is 0 Å². The molecule has 1 saturated heterocycles. The van der Waals surface area contributed by atoms with Crippen LogP contribution in [-0.2, 0) is 4.79 Å². The Morgan fingerprint density at radius 2 is 2.24 bits per heavy atom.